The predicted molar refractivity (Wildman–Crippen MR) is 132 cm³/mol. The molecule has 1 atom stereocenters. The third-order valence-corrected chi connectivity index (χ3v) is 6.09. The zero-order valence-corrected chi connectivity index (χ0v) is 20.1. The fourth-order valence-electron chi connectivity index (χ4n) is 4.28. The number of carbonyl (C=O) groups is 2. The minimum Gasteiger partial charge on any atom is -0.497 e. The Hall–Kier alpha value is -3.74. The topological polar surface area (TPSA) is 72.8 Å². The highest BCUT2D eigenvalue weighted by molar-refractivity contribution is 6.11. The molecule has 1 aromatic heterocycles. The van der Waals surface area contributed by atoms with E-state index in [4.69, 9.17) is 9.47 Å². The fourth-order valence-corrected chi connectivity index (χ4v) is 4.28. The van der Waals surface area contributed by atoms with E-state index in [1.165, 1.54) is 0 Å². The van der Waals surface area contributed by atoms with Gasteiger partial charge in [0.25, 0.3) is 5.91 Å². The van der Waals surface area contributed by atoms with E-state index in [1.807, 2.05) is 47.2 Å². The Morgan fingerprint density at radius 2 is 1.76 bits per heavy atom. The molecule has 0 saturated carbocycles. The van der Waals surface area contributed by atoms with Crippen LogP contribution in [0.4, 0.5) is 5.69 Å². The van der Waals surface area contributed by atoms with E-state index in [1.54, 1.807) is 37.3 Å². The van der Waals surface area contributed by atoms with Gasteiger partial charge in [-0.2, -0.15) is 0 Å². The number of carbonyl (C=O) groups excluding carboxylic acids is 2. The minimum absolute atomic E-state index is 0.227. The van der Waals surface area contributed by atoms with Crippen molar-refractivity contribution in [2.45, 2.75) is 32.9 Å². The normalized spacial score (nSPS) is 15.3. The molecule has 2 heterocycles. The van der Waals surface area contributed by atoms with Crippen LogP contribution in [0.3, 0.4) is 0 Å². The van der Waals surface area contributed by atoms with Crippen LogP contribution in [0.2, 0.25) is 0 Å². The number of rotatable bonds is 7. The number of nitrogens with one attached hydrogen (secondary N) is 1. The summed E-state index contributed by atoms with van der Waals surface area (Å²) >= 11 is 0. The number of hydrogen-bond acceptors (Lipinski definition) is 4. The molecule has 2 amide bonds. The summed E-state index contributed by atoms with van der Waals surface area (Å²) in [6.45, 7) is 5.27. The van der Waals surface area contributed by atoms with Crippen molar-refractivity contribution in [3.63, 3.8) is 0 Å². The van der Waals surface area contributed by atoms with E-state index in [0.29, 0.717) is 41.8 Å². The highest BCUT2D eigenvalue weighted by Gasteiger charge is 2.37. The lowest BCUT2D eigenvalue weighted by Gasteiger charge is -2.34. The van der Waals surface area contributed by atoms with Gasteiger partial charge in [0, 0.05) is 43.0 Å². The minimum atomic E-state index is -0.861. The van der Waals surface area contributed by atoms with Gasteiger partial charge in [0.1, 0.15) is 11.5 Å². The molecule has 7 heteroatoms. The maximum absolute atomic E-state index is 14.1. The van der Waals surface area contributed by atoms with Gasteiger partial charge in [-0.1, -0.05) is 32.0 Å². The van der Waals surface area contributed by atoms with Crippen LogP contribution in [0.15, 0.2) is 60.8 Å². The molecule has 1 unspecified atom stereocenters. The van der Waals surface area contributed by atoms with Crippen LogP contribution in [-0.2, 0) is 11.3 Å². The molecule has 7 nitrogen and oxygen atoms in total. The number of anilines is 1. The van der Waals surface area contributed by atoms with Crippen molar-refractivity contribution in [2.24, 2.45) is 5.92 Å². The molecular weight excluding hydrogens is 430 g/mol. The van der Waals surface area contributed by atoms with Gasteiger partial charge in [0.05, 0.1) is 25.6 Å². The quantitative estimate of drug-likeness (QED) is 0.565. The first-order chi connectivity index (χ1) is 16.4. The number of benzene rings is 2. The average Bonchev–Trinajstić information content (AvgIpc) is 3.27. The van der Waals surface area contributed by atoms with Crippen molar-refractivity contribution >= 4 is 17.5 Å². The first kappa shape index (κ1) is 23.4. The van der Waals surface area contributed by atoms with Crippen LogP contribution >= 0.6 is 0 Å². The smallest absolute Gasteiger partial charge is 0.259 e. The van der Waals surface area contributed by atoms with E-state index in [2.05, 4.69) is 19.2 Å². The summed E-state index contributed by atoms with van der Waals surface area (Å²) in [6.07, 6.45) is 2.80. The molecule has 0 aliphatic carbocycles. The number of hydrogen-bond donors (Lipinski definition) is 1. The van der Waals surface area contributed by atoms with Gasteiger partial charge in [-0.3, -0.25) is 14.5 Å². The molecule has 178 valence electrons. The number of methoxy groups -OCH3 is 2. The van der Waals surface area contributed by atoms with Crippen LogP contribution < -0.4 is 19.7 Å². The summed E-state index contributed by atoms with van der Waals surface area (Å²) in [6, 6.07) is 15.7. The molecule has 1 aliphatic heterocycles. The lowest BCUT2D eigenvalue weighted by atomic mass is 10.00. The molecule has 0 saturated heterocycles. The van der Waals surface area contributed by atoms with Gasteiger partial charge in [0.2, 0.25) is 5.91 Å². The maximum atomic E-state index is 14.1. The molecule has 4 rings (SSSR count). The van der Waals surface area contributed by atoms with Crippen LogP contribution in [0.25, 0.3) is 0 Å². The van der Waals surface area contributed by atoms with E-state index in [0.717, 1.165) is 17.7 Å². The maximum Gasteiger partial charge on any atom is 0.259 e. The first-order valence-corrected chi connectivity index (χ1v) is 11.5. The summed E-state index contributed by atoms with van der Waals surface area (Å²) < 4.78 is 13.0. The van der Waals surface area contributed by atoms with Crippen molar-refractivity contribution < 1.29 is 19.1 Å². The molecule has 3 aromatic rings. The van der Waals surface area contributed by atoms with Gasteiger partial charge in [0.15, 0.2) is 6.04 Å². The van der Waals surface area contributed by atoms with Crippen molar-refractivity contribution in [2.75, 3.05) is 25.7 Å². The lowest BCUT2D eigenvalue weighted by Crippen LogP contribution is -2.46. The van der Waals surface area contributed by atoms with Gasteiger partial charge in [-0.15, -0.1) is 0 Å². The molecular formula is C27H31N3O4. The summed E-state index contributed by atoms with van der Waals surface area (Å²) in [5.74, 6) is 1.05. The molecule has 1 aliphatic rings. The molecule has 34 heavy (non-hydrogen) atoms. The fraction of sp³-hybridized carbons (Fsp3) is 0.333. The third-order valence-electron chi connectivity index (χ3n) is 6.09. The SMILES string of the molecule is COc1cc(OC)cc(N2C(=O)c3ccccc3Cn3cccc3C2C(=O)NCCC(C)C)c1. The first-order valence-electron chi connectivity index (χ1n) is 11.5. The zero-order chi connectivity index (χ0) is 24.2. The van der Waals surface area contributed by atoms with Crippen LogP contribution in [0.1, 0.15) is 47.9 Å². The van der Waals surface area contributed by atoms with Crippen molar-refractivity contribution in [3.8, 4) is 11.5 Å². The van der Waals surface area contributed by atoms with Crippen LogP contribution in [-0.4, -0.2) is 37.1 Å². The molecule has 1 N–H and O–H groups in total. The largest absolute Gasteiger partial charge is 0.497 e. The lowest BCUT2D eigenvalue weighted by molar-refractivity contribution is -0.122. The molecule has 0 bridgehead atoms. The Labute approximate surface area is 200 Å². The van der Waals surface area contributed by atoms with Crippen molar-refractivity contribution in [1.29, 1.82) is 0 Å². The second-order valence-corrected chi connectivity index (χ2v) is 8.84. The number of aromatic nitrogens is 1. The number of nitrogens with zero attached hydrogens (tertiary/aromatic N) is 2. The number of fused-ring (bicyclic) bond motifs is 2. The van der Waals surface area contributed by atoms with Gasteiger partial charge in [-0.05, 0) is 36.1 Å². The number of amides is 2. The van der Waals surface area contributed by atoms with Crippen LogP contribution in [0.5, 0.6) is 11.5 Å². The summed E-state index contributed by atoms with van der Waals surface area (Å²) in [4.78, 5) is 29.3. The Kier molecular flexibility index (Phi) is 6.91. The van der Waals surface area contributed by atoms with Gasteiger partial charge < -0.3 is 19.4 Å². The molecule has 0 radical (unpaired) electrons. The predicted octanol–water partition coefficient (Wildman–Crippen LogP) is 4.42. The van der Waals surface area contributed by atoms with Gasteiger partial charge >= 0.3 is 0 Å². The average molecular weight is 462 g/mol. The Balaban J connectivity index is 1.89. The van der Waals surface area contributed by atoms with Crippen molar-refractivity contribution in [1.82, 2.24) is 9.88 Å². The molecule has 2 aromatic carbocycles. The highest BCUT2D eigenvalue weighted by Crippen LogP contribution is 2.37. The standard InChI is InChI=1S/C27H31N3O4/c1-18(2)11-12-28-26(31)25-24-10-7-13-29(24)17-19-8-5-6-9-23(19)27(32)30(25)20-14-21(33-3)16-22(15-20)34-4/h5-10,13-16,18,25H,11-12,17H2,1-4H3,(H,28,31). The van der Waals surface area contributed by atoms with E-state index >= 15 is 0 Å². The summed E-state index contributed by atoms with van der Waals surface area (Å²) in [7, 11) is 3.12. The Morgan fingerprint density at radius 3 is 2.44 bits per heavy atom. The molecule has 0 spiro atoms. The third kappa shape index (κ3) is 4.64. The Bertz CT molecular complexity index is 1160. The summed E-state index contributed by atoms with van der Waals surface area (Å²) in [5.41, 5.74) is 2.72. The van der Waals surface area contributed by atoms with E-state index in [9.17, 15) is 9.59 Å². The van der Waals surface area contributed by atoms with Crippen molar-refractivity contribution in [3.05, 3.63) is 77.6 Å². The second kappa shape index (κ2) is 10.0. The second-order valence-electron chi connectivity index (χ2n) is 8.84. The summed E-state index contributed by atoms with van der Waals surface area (Å²) in [5, 5.41) is 3.06. The Morgan fingerprint density at radius 1 is 1.06 bits per heavy atom. The molecule has 0 fully saturated rings. The zero-order valence-electron chi connectivity index (χ0n) is 20.1. The highest BCUT2D eigenvalue weighted by atomic mass is 16.5. The van der Waals surface area contributed by atoms with Gasteiger partial charge in [-0.25, -0.2) is 0 Å². The van der Waals surface area contributed by atoms with E-state index < -0.39 is 6.04 Å². The van der Waals surface area contributed by atoms with E-state index in [-0.39, 0.29) is 11.8 Å². The number of ether oxygens (including phenoxy) is 2. The van der Waals surface area contributed by atoms with Crippen LogP contribution in [0, 0.1) is 5.92 Å². The monoisotopic (exact) mass is 461 g/mol.